The lowest BCUT2D eigenvalue weighted by atomic mass is 9.80. The summed E-state index contributed by atoms with van der Waals surface area (Å²) in [5, 5.41) is 14.5. The minimum atomic E-state index is -0.868. The molecule has 1 N–H and O–H groups in total. The van der Waals surface area contributed by atoms with Gasteiger partial charge in [0.05, 0.1) is 72.5 Å². The number of hydrogen-bond donors (Lipinski definition) is 1. The summed E-state index contributed by atoms with van der Waals surface area (Å²) in [5.41, 5.74) is 8.44. The van der Waals surface area contributed by atoms with Crippen LogP contribution in [0.1, 0.15) is 122 Å². The molecule has 2 aromatic carbocycles. The molecule has 420 valence electrons. The highest BCUT2D eigenvalue weighted by molar-refractivity contribution is 5.96. The van der Waals surface area contributed by atoms with E-state index in [-0.39, 0.29) is 73.4 Å². The van der Waals surface area contributed by atoms with Gasteiger partial charge in [0.15, 0.2) is 0 Å². The second kappa shape index (κ2) is 23.7. The third kappa shape index (κ3) is 12.3. The van der Waals surface area contributed by atoms with Crippen molar-refractivity contribution in [1.29, 1.82) is 5.26 Å². The highest BCUT2D eigenvalue weighted by Gasteiger charge is 2.39. The van der Waals surface area contributed by atoms with Crippen molar-refractivity contribution in [2.24, 2.45) is 35.0 Å². The van der Waals surface area contributed by atoms with Crippen LogP contribution in [-0.4, -0.2) is 147 Å². The van der Waals surface area contributed by atoms with Crippen LogP contribution in [0.15, 0.2) is 48.7 Å². The van der Waals surface area contributed by atoms with Gasteiger partial charge in [-0.2, -0.15) is 5.26 Å². The molecule has 2 amide bonds. The summed E-state index contributed by atoms with van der Waals surface area (Å²) in [4.78, 5) is 57.7. The minimum absolute atomic E-state index is 0.0378. The molecule has 6 aliphatic rings. The number of amides is 2. The molecule has 0 spiro atoms. The number of methoxy groups -OCH3 is 1. The van der Waals surface area contributed by atoms with Crippen LogP contribution in [0.2, 0.25) is 0 Å². The summed E-state index contributed by atoms with van der Waals surface area (Å²) in [7, 11) is 5.68. The lowest BCUT2D eigenvalue weighted by Gasteiger charge is -2.37. The van der Waals surface area contributed by atoms with E-state index in [4.69, 9.17) is 23.9 Å². The number of benzene rings is 2. The summed E-state index contributed by atoms with van der Waals surface area (Å²) in [6.45, 7) is 19.4. The van der Waals surface area contributed by atoms with Gasteiger partial charge in [0.2, 0.25) is 11.8 Å². The number of piperidine rings is 1. The second-order valence-electron chi connectivity index (χ2n) is 25.2. The number of pyridine rings is 1. The van der Waals surface area contributed by atoms with Crippen molar-refractivity contribution in [3.05, 3.63) is 65.5 Å². The van der Waals surface area contributed by atoms with Crippen LogP contribution in [0.4, 0.5) is 5.69 Å². The molecule has 2 saturated heterocycles. The topological polar surface area (TPSA) is 155 Å². The third-order valence-electron chi connectivity index (χ3n) is 18.3. The summed E-state index contributed by atoms with van der Waals surface area (Å²) < 4.78 is 28.6. The largest absolute Gasteiger partial charge is 0.491 e. The zero-order chi connectivity index (χ0) is 55.0. The van der Waals surface area contributed by atoms with Gasteiger partial charge in [0, 0.05) is 87.3 Å². The number of carbonyl (C=O) groups excluding carboxylic acids is 3. The van der Waals surface area contributed by atoms with Crippen molar-refractivity contribution in [2.45, 2.75) is 136 Å². The van der Waals surface area contributed by atoms with Gasteiger partial charge >= 0.3 is 5.97 Å². The number of likely N-dealkylation sites (tertiary alicyclic amines) is 1. The number of nitrogens with one attached hydrogen (secondary N) is 1. The smallest absolute Gasteiger partial charge is 0.308 e. The van der Waals surface area contributed by atoms with Gasteiger partial charge in [0.25, 0.3) is 0 Å². The van der Waals surface area contributed by atoms with Gasteiger partial charge < -0.3 is 43.5 Å². The zero-order valence-corrected chi connectivity index (χ0v) is 48.0. The molecule has 6 bridgehead atoms. The number of likely N-dealkylation sites (N-methyl/N-ethyl adjacent to an activating group) is 1. The van der Waals surface area contributed by atoms with Gasteiger partial charge in [-0.15, -0.1) is 0 Å². The Balaban J connectivity index is 1.15. The Hall–Kier alpha value is -5.53. The van der Waals surface area contributed by atoms with Crippen LogP contribution in [0.5, 0.6) is 5.75 Å². The number of cyclic esters (lactones) is 1. The van der Waals surface area contributed by atoms with Crippen molar-refractivity contribution in [3.63, 3.8) is 0 Å². The fourth-order valence-electron chi connectivity index (χ4n) is 12.9. The van der Waals surface area contributed by atoms with Gasteiger partial charge in [-0.1, -0.05) is 46.8 Å². The lowest BCUT2D eigenvalue weighted by Crippen LogP contribution is -2.51. The third-order valence-corrected chi connectivity index (χ3v) is 18.3. The first kappa shape index (κ1) is 55.8. The molecule has 2 saturated carbocycles. The van der Waals surface area contributed by atoms with Crippen molar-refractivity contribution < 1.29 is 33.3 Å². The Kier molecular flexibility index (Phi) is 16.9. The van der Waals surface area contributed by atoms with Gasteiger partial charge in [0.1, 0.15) is 18.4 Å². The maximum absolute atomic E-state index is 14.7. The van der Waals surface area contributed by atoms with Crippen molar-refractivity contribution in [3.8, 4) is 34.2 Å². The van der Waals surface area contributed by atoms with E-state index in [2.05, 4.69) is 94.9 Å². The molecule has 15 nitrogen and oxygen atoms in total. The van der Waals surface area contributed by atoms with Crippen LogP contribution in [-0.2, 0) is 41.4 Å². The zero-order valence-electron chi connectivity index (χ0n) is 48.0. The van der Waals surface area contributed by atoms with E-state index in [9.17, 15) is 19.6 Å². The Morgan fingerprint density at radius 2 is 1.62 bits per heavy atom. The number of esters is 1. The first-order valence-corrected chi connectivity index (χ1v) is 29.3. The minimum Gasteiger partial charge on any atom is -0.491 e. The van der Waals surface area contributed by atoms with E-state index < -0.39 is 23.3 Å². The van der Waals surface area contributed by atoms with Crippen molar-refractivity contribution in [1.82, 2.24) is 29.6 Å². The lowest BCUT2D eigenvalue weighted by molar-refractivity contribution is -0.151. The van der Waals surface area contributed by atoms with Crippen molar-refractivity contribution in [2.75, 3.05) is 91.7 Å². The van der Waals surface area contributed by atoms with E-state index in [1.807, 2.05) is 33.0 Å². The number of anilines is 1. The number of rotatable bonds is 8. The molecule has 2 aliphatic carbocycles. The average Bonchev–Trinajstić information content (AvgIpc) is 4.24. The SMILES string of the molecule is CO[C@@H](C)c1ncc(N2CCN(C3CC3)CC2)cc1-c1c2c3cc(ccc3n1C1CC(C#N)C1)-c1cc3cc(c1)OC[C@H](C1CCN(C)CC1)OC[C@@H](C(C)C)C(=O)N[C@@H](C3)C(=O)N(C)CCC[C@H](C)C(=O)OCC(C)(C)C2. The maximum atomic E-state index is 14.7. The first-order chi connectivity index (χ1) is 37.5. The number of aromatic nitrogens is 2. The number of fused-ring (bicyclic) bond motifs is 5. The Bertz CT molecular complexity index is 2850. The summed E-state index contributed by atoms with van der Waals surface area (Å²) in [5.74, 6) is -0.668. The predicted octanol–water partition coefficient (Wildman–Crippen LogP) is 9.26. The predicted molar refractivity (Wildman–Crippen MR) is 304 cm³/mol. The van der Waals surface area contributed by atoms with Crippen LogP contribution < -0.4 is 15.0 Å². The molecular formula is C63H86N8O7. The first-order valence-electron chi connectivity index (χ1n) is 29.3. The van der Waals surface area contributed by atoms with Crippen LogP contribution in [0.25, 0.3) is 33.3 Å². The fourth-order valence-corrected chi connectivity index (χ4v) is 12.9. The van der Waals surface area contributed by atoms with Gasteiger partial charge in [-0.05, 0) is 149 Å². The molecular weight excluding hydrogens is 981 g/mol. The van der Waals surface area contributed by atoms with Crippen LogP contribution in [0.3, 0.4) is 0 Å². The summed E-state index contributed by atoms with van der Waals surface area (Å²) >= 11 is 0. The molecule has 0 radical (unpaired) electrons. The highest BCUT2D eigenvalue weighted by Crippen LogP contribution is 2.49. The molecule has 10 rings (SSSR count). The van der Waals surface area contributed by atoms with E-state index in [1.165, 1.54) is 12.8 Å². The van der Waals surface area contributed by atoms with Crippen LogP contribution >= 0.6 is 0 Å². The Labute approximate surface area is 463 Å². The van der Waals surface area contributed by atoms with Gasteiger partial charge in [-0.3, -0.25) is 24.3 Å². The molecule has 4 fully saturated rings. The molecule has 15 heteroatoms. The number of ether oxygens (including phenoxy) is 4. The number of hydrogen-bond acceptors (Lipinski definition) is 12. The number of piperazine rings is 1. The maximum Gasteiger partial charge on any atom is 0.308 e. The molecule has 2 aromatic heterocycles. The molecule has 4 aliphatic heterocycles. The highest BCUT2D eigenvalue weighted by atomic mass is 16.5. The van der Waals surface area contributed by atoms with Gasteiger partial charge in [-0.25, -0.2) is 0 Å². The quantitative estimate of drug-likeness (QED) is 0.167. The molecule has 5 atom stereocenters. The van der Waals surface area contributed by atoms with E-state index in [0.29, 0.717) is 38.2 Å². The molecule has 0 unspecified atom stereocenters. The van der Waals surface area contributed by atoms with E-state index >= 15 is 0 Å². The average molecular weight is 1070 g/mol. The molecule has 4 aromatic rings. The van der Waals surface area contributed by atoms with E-state index in [1.54, 1.807) is 19.1 Å². The number of nitrogens with zero attached hydrogens (tertiary/aromatic N) is 7. The second-order valence-corrected chi connectivity index (χ2v) is 25.2. The Morgan fingerprint density at radius 3 is 2.32 bits per heavy atom. The fraction of sp³-hybridized carbons (Fsp3) is 0.635. The van der Waals surface area contributed by atoms with Crippen LogP contribution in [0, 0.1) is 46.3 Å². The standard InChI is InChI=1S/C63H86N8O7/c1-39(2)54-36-77-57(44-16-19-67(7)20-17-44)37-76-50-28-42-25-46(30-50)45-12-15-56-51(31-45)53(33-63(5,6)38-78-62(74)40(3)11-10-18-68(8)61(73)55(29-42)66-60(54)72)59(71(56)48-26-43(27-48)34-64)52-32-49(35-65-58(52)41(4)75-9)70-23-21-69(22-24-70)47-13-14-47/h12,15,25,28,30-32,35,39-41,43-44,47-48,54-55,57H,10-11,13-14,16-24,26-27,29,33,36-38H2,1-9H3,(H,66,72)/t40-,41-,43?,48?,54-,55-,57+/m0/s1. The van der Waals surface area contributed by atoms with Crippen molar-refractivity contribution >= 4 is 34.4 Å². The Morgan fingerprint density at radius 1 is 0.859 bits per heavy atom. The molecule has 6 heterocycles. The summed E-state index contributed by atoms with van der Waals surface area (Å²) in [6.07, 6.45) is 9.39. The number of nitriles is 1. The van der Waals surface area contributed by atoms with E-state index in [0.717, 1.165) is 127 Å². The number of carbonyl (C=O) groups is 3. The monoisotopic (exact) mass is 1070 g/mol. The normalized spacial score (nSPS) is 27.1. The molecule has 78 heavy (non-hydrogen) atoms. The summed E-state index contributed by atoms with van der Waals surface area (Å²) in [6, 6.07) is 17.8.